The third-order valence-electron chi connectivity index (χ3n) is 5.22. The van der Waals surface area contributed by atoms with E-state index >= 15 is 0 Å². The molecule has 0 aliphatic carbocycles. The van der Waals surface area contributed by atoms with E-state index in [0.717, 1.165) is 52.9 Å². The van der Waals surface area contributed by atoms with Crippen molar-refractivity contribution in [3.63, 3.8) is 0 Å². The Balaban J connectivity index is 1.79. The summed E-state index contributed by atoms with van der Waals surface area (Å²) in [5, 5.41) is 4.35. The van der Waals surface area contributed by atoms with E-state index in [1.54, 1.807) is 18.2 Å². The maximum absolute atomic E-state index is 13.3. The van der Waals surface area contributed by atoms with Gasteiger partial charge in [0.25, 0.3) is 5.91 Å². The fourth-order valence-electron chi connectivity index (χ4n) is 3.60. The highest BCUT2D eigenvalue weighted by Crippen LogP contribution is 2.31. The van der Waals surface area contributed by atoms with Crippen LogP contribution >= 0.6 is 27.5 Å². The Morgan fingerprint density at radius 1 is 1.21 bits per heavy atom. The van der Waals surface area contributed by atoms with Gasteiger partial charge in [-0.2, -0.15) is 0 Å². The van der Waals surface area contributed by atoms with Crippen molar-refractivity contribution in [1.29, 1.82) is 0 Å². The highest BCUT2D eigenvalue weighted by atomic mass is 79.9. The molecule has 1 aliphatic rings. The monoisotopic (exact) mass is 471 g/mol. The number of hydrogen-bond donors (Lipinski definition) is 1. The Morgan fingerprint density at radius 3 is 2.66 bits per heavy atom. The maximum Gasteiger partial charge on any atom is 0.256 e. The zero-order valence-corrected chi connectivity index (χ0v) is 18.6. The number of fused-ring (bicyclic) bond motifs is 1. The van der Waals surface area contributed by atoms with Crippen LogP contribution in [0.4, 0.5) is 11.5 Å². The minimum absolute atomic E-state index is 0.179. The summed E-state index contributed by atoms with van der Waals surface area (Å²) in [5.41, 5.74) is 2.90. The van der Waals surface area contributed by atoms with Crippen molar-refractivity contribution in [2.75, 3.05) is 43.4 Å². The number of nitrogens with one attached hydrogen (secondary N) is 1. The molecule has 0 saturated carbocycles. The first-order valence-corrected chi connectivity index (χ1v) is 10.6. The molecule has 3 aromatic rings. The van der Waals surface area contributed by atoms with Gasteiger partial charge in [0.15, 0.2) is 0 Å². The van der Waals surface area contributed by atoms with Gasteiger partial charge in [0.05, 0.1) is 11.1 Å². The number of benzene rings is 2. The van der Waals surface area contributed by atoms with Gasteiger partial charge in [-0.05, 0) is 50.4 Å². The quantitative estimate of drug-likeness (QED) is 0.597. The lowest BCUT2D eigenvalue weighted by Crippen LogP contribution is -2.45. The van der Waals surface area contributed by atoms with E-state index in [2.05, 4.69) is 44.2 Å². The van der Waals surface area contributed by atoms with Crippen molar-refractivity contribution in [1.82, 2.24) is 9.88 Å². The SMILES string of the molecule is Cc1c(N2CCN(C)CC2)nc2ccc(Br)cc2c1C(=O)Nc1[c]cc(Cl)cc1. The molecule has 29 heavy (non-hydrogen) atoms. The molecule has 1 fully saturated rings. The molecule has 149 valence electrons. The van der Waals surface area contributed by atoms with E-state index in [0.29, 0.717) is 16.3 Å². The summed E-state index contributed by atoms with van der Waals surface area (Å²) in [6, 6.07) is 14.0. The number of carbonyl (C=O) groups is 1. The van der Waals surface area contributed by atoms with E-state index in [1.165, 1.54) is 0 Å². The van der Waals surface area contributed by atoms with Crippen LogP contribution in [0.15, 0.2) is 40.9 Å². The third kappa shape index (κ3) is 4.25. The highest BCUT2D eigenvalue weighted by Gasteiger charge is 2.23. The Bertz CT molecular complexity index is 1060. The number of rotatable bonds is 3. The van der Waals surface area contributed by atoms with Crippen LogP contribution in [0.5, 0.6) is 0 Å². The van der Waals surface area contributed by atoms with Gasteiger partial charge in [-0.3, -0.25) is 4.79 Å². The van der Waals surface area contributed by atoms with Gasteiger partial charge in [-0.15, -0.1) is 0 Å². The van der Waals surface area contributed by atoms with Gasteiger partial charge in [-0.25, -0.2) is 4.98 Å². The van der Waals surface area contributed by atoms with Crippen LogP contribution < -0.4 is 10.2 Å². The van der Waals surface area contributed by atoms with Crippen molar-refractivity contribution in [2.45, 2.75) is 6.92 Å². The molecule has 5 nitrogen and oxygen atoms in total. The van der Waals surface area contributed by atoms with Crippen molar-refractivity contribution >= 4 is 55.8 Å². The van der Waals surface area contributed by atoms with E-state index in [9.17, 15) is 4.79 Å². The minimum atomic E-state index is -0.179. The zero-order valence-electron chi connectivity index (χ0n) is 16.3. The second kappa shape index (κ2) is 8.30. The fourth-order valence-corrected chi connectivity index (χ4v) is 4.08. The molecular weight excluding hydrogens is 452 g/mol. The van der Waals surface area contributed by atoms with E-state index in [-0.39, 0.29) is 5.91 Å². The number of amides is 1. The van der Waals surface area contributed by atoms with Crippen LogP contribution in [-0.2, 0) is 0 Å². The lowest BCUT2D eigenvalue weighted by atomic mass is 10.0. The zero-order chi connectivity index (χ0) is 20.5. The third-order valence-corrected chi connectivity index (χ3v) is 5.95. The molecule has 1 N–H and O–H groups in total. The number of carbonyl (C=O) groups excluding carboxylic acids is 1. The van der Waals surface area contributed by atoms with Crippen molar-refractivity contribution in [3.8, 4) is 0 Å². The van der Waals surface area contributed by atoms with Crippen LogP contribution in [0.2, 0.25) is 5.02 Å². The number of anilines is 2. The average Bonchev–Trinajstić information content (AvgIpc) is 2.70. The van der Waals surface area contributed by atoms with Crippen LogP contribution in [0.1, 0.15) is 15.9 Å². The van der Waals surface area contributed by atoms with Crippen LogP contribution in [0.3, 0.4) is 0 Å². The molecule has 4 rings (SSSR count). The molecule has 0 bridgehead atoms. The number of hydrogen-bond acceptors (Lipinski definition) is 4. The lowest BCUT2D eigenvalue weighted by Gasteiger charge is -2.34. The minimum Gasteiger partial charge on any atom is -0.354 e. The maximum atomic E-state index is 13.3. The molecule has 2 aromatic carbocycles. The lowest BCUT2D eigenvalue weighted by molar-refractivity contribution is 0.102. The Hall–Kier alpha value is -2.15. The second-order valence-electron chi connectivity index (χ2n) is 7.26. The number of nitrogens with zero attached hydrogens (tertiary/aromatic N) is 3. The summed E-state index contributed by atoms with van der Waals surface area (Å²) in [5.74, 6) is 0.695. The van der Waals surface area contributed by atoms with Gasteiger partial charge < -0.3 is 15.1 Å². The molecule has 1 radical (unpaired) electrons. The number of piperazine rings is 1. The summed E-state index contributed by atoms with van der Waals surface area (Å²) in [4.78, 5) is 22.8. The molecule has 0 atom stereocenters. The fraction of sp³-hybridized carbons (Fsp3) is 0.273. The van der Waals surface area contributed by atoms with Gasteiger partial charge in [-0.1, -0.05) is 27.5 Å². The number of halogens is 2. The van der Waals surface area contributed by atoms with E-state index in [4.69, 9.17) is 16.6 Å². The molecule has 1 amide bonds. The Labute approximate surface area is 183 Å². The summed E-state index contributed by atoms with van der Waals surface area (Å²) in [6.45, 7) is 5.69. The first-order chi connectivity index (χ1) is 13.9. The molecule has 0 unspecified atom stereocenters. The molecular formula is C22H21BrClN4O. The first kappa shape index (κ1) is 20.1. The highest BCUT2D eigenvalue weighted by molar-refractivity contribution is 9.10. The molecule has 7 heteroatoms. The van der Waals surface area contributed by atoms with Gasteiger partial charge >= 0.3 is 0 Å². The standard InChI is InChI=1S/C22H21BrClN4O/c1-14-20(22(29)25-17-6-4-16(24)5-7-17)18-13-15(23)3-8-19(18)26-21(14)28-11-9-27(2)10-12-28/h3-6,8,13H,9-12H2,1-2H3,(H,25,29). The van der Waals surface area contributed by atoms with Crippen molar-refractivity contribution < 1.29 is 4.79 Å². The predicted molar refractivity (Wildman–Crippen MR) is 122 cm³/mol. The summed E-state index contributed by atoms with van der Waals surface area (Å²) < 4.78 is 0.908. The van der Waals surface area contributed by atoms with Gasteiger partial charge in [0.1, 0.15) is 5.82 Å². The largest absolute Gasteiger partial charge is 0.354 e. The predicted octanol–water partition coefficient (Wildman–Crippen LogP) is 4.76. The molecule has 1 aromatic heterocycles. The van der Waals surface area contributed by atoms with Crippen LogP contribution in [-0.4, -0.2) is 49.0 Å². The topological polar surface area (TPSA) is 48.5 Å². The first-order valence-electron chi connectivity index (χ1n) is 9.44. The number of pyridine rings is 1. The Kier molecular flexibility index (Phi) is 5.76. The van der Waals surface area contributed by atoms with Crippen molar-refractivity contribution in [3.05, 3.63) is 63.1 Å². The summed E-state index contributed by atoms with van der Waals surface area (Å²) in [6.07, 6.45) is 0. The molecule has 1 saturated heterocycles. The number of likely N-dealkylation sites (N-methyl/N-ethyl adjacent to an activating group) is 1. The smallest absolute Gasteiger partial charge is 0.256 e. The average molecular weight is 473 g/mol. The van der Waals surface area contributed by atoms with Crippen LogP contribution in [0, 0.1) is 13.0 Å². The molecule has 2 heterocycles. The van der Waals surface area contributed by atoms with E-state index < -0.39 is 0 Å². The molecule has 1 aliphatic heterocycles. The summed E-state index contributed by atoms with van der Waals surface area (Å²) >= 11 is 9.46. The molecule has 0 spiro atoms. The van der Waals surface area contributed by atoms with E-state index in [1.807, 2.05) is 25.1 Å². The van der Waals surface area contributed by atoms with Gasteiger partial charge in [0, 0.05) is 58.4 Å². The summed E-state index contributed by atoms with van der Waals surface area (Å²) in [7, 11) is 2.12. The normalized spacial score (nSPS) is 15.0. The van der Waals surface area contributed by atoms with Gasteiger partial charge in [0.2, 0.25) is 0 Å². The number of aromatic nitrogens is 1. The van der Waals surface area contributed by atoms with Crippen molar-refractivity contribution in [2.24, 2.45) is 0 Å². The Morgan fingerprint density at radius 2 is 1.97 bits per heavy atom. The van der Waals surface area contributed by atoms with Crippen LogP contribution in [0.25, 0.3) is 10.9 Å². The second-order valence-corrected chi connectivity index (χ2v) is 8.61.